The fourth-order valence-corrected chi connectivity index (χ4v) is 4.79. The summed E-state index contributed by atoms with van der Waals surface area (Å²) in [6, 6.07) is 15.0. The molecule has 0 aliphatic carbocycles. The lowest BCUT2D eigenvalue weighted by Crippen LogP contribution is -2.21. The van der Waals surface area contributed by atoms with Crippen molar-refractivity contribution in [3.8, 4) is 11.1 Å². The third-order valence-corrected chi connectivity index (χ3v) is 6.44. The summed E-state index contributed by atoms with van der Waals surface area (Å²) in [7, 11) is 0. The van der Waals surface area contributed by atoms with Gasteiger partial charge in [-0.3, -0.25) is 9.36 Å². The minimum Gasteiger partial charge on any atom is -0.423 e. The normalized spacial score (nSPS) is 11.4. The Morgan fingerprint density at radius 1 is 1.10 bits per heavy atom. The fraction of sp³-hybridized carbons (Fsp3) is 0.0870. The minimum atomic E-state index is -0.450. The van der Waals surface area contributed by atoms with E-state index in [1.54, 1.807) is 17.0 Å². The van der Waals surface area contributed by atoms with Crippen LogP contribution >= 0.6 is 27.3 Å². The average molecular weight is 479 g/mol. The molecule has 5 nitrogen and oxygen atoms in total. The van der Waals surface area contributed by atoms with Gasteiger partial charge in [-0.05, 0) is 36.2 Å². The van der Waals surface area contributed by atoms with Crippen molar-refractivity contribution >= 4 is 48.5 Å². The van der Waals surface area contributed by atoms with Crippen LogP contribution in [0.3, 0.4) is 0 Å². The topological polar surface area (TPSA) is 65.1 Å². The quantitative estimate of drug-likeness (QED) is 0.327. The summed E-state index contributed by atoms with van der Waals surface area (Å²) in [4.78, 5) is 30.6. The highest BCUT2D eigenvalue weighted by Gasteiger charge is 2.15. The van der Waals surface area contributed by atoms with E-state index in [4.69, 9.17) is 4.42 Å². The van der Waals surface area contributed by atoms with Crippen molar-refractivity contribution in [1.29, 1.82) is 0 Å². The van der Waals surface area contributed by atoms with E-state index in [0.29, 0.717) is 21.4 Å². The van der Waals surface area contributed by atoms with Gasteiger partial charge in [0.15, 0.2) is 0 Å². The summed E-state index contributed by atoms with van der Waals surface area (Å²) in [5.41, 5.74) is 3.63. The predicted molar refractivity (Wildman–Crippen MR) is 123 cm³/mol. The Morgan fingerprint density at radius 2 is 1.90 bits per heavy atom. The predicted octanol–water partition coefficient (Wildman–Crippen LogP) is 5.35. The molecule has 148 valence electrons. The third-order valence-electron chi connectivity index (χ3n) is 5.06. The Hall–Kier alpha value is -3.03. The molecule has 3 heterocycles. The van der Waals surface area contributed by atoms with Crippen molar-refractivity contribution in [2.75, 3.05) is 0 Å². The summed E-state index contributed by atoms with van der Waals surface area (Å²) in [5, 5.41) is 3.35. The van der Waals surface area contributed by atoms with Crippen molar-refractivity contribution in [3.05, 3.63) is 96.6 Å². The van der Waals surface area contributed by atoms with Gasteiger partial charge in [0, 0.05) is 26.9 Å². The van der Waals surface area contributed by atoms with Gasteiger partial charge in [-0.15, -0.1) is 11.3 Å². The van der Waals surface area contributed by atoms with Crippen LogP contribution in [-0.4, -0.2) is 9.55 Å². The summed E-state index contributed by atoms with van der Waals surface area (Å²) in [6.45, 7) is 2.26. The first kappa shape index (κ1) is 19.0. The molecule has 0 N–H and O–H groups in total. The number of fused-ring (bicyclic) bond motifs is 2. The standard InChI is InChI=1S/C23H15BrN2O3S/c1-13-2-4-14(5-3-13)18-11-30-22-21(18)23(28)26(12-25-22)10-15-8-20(27)29-19-9-16(24)6-7-17(15)19/h2-9,11-12H,10H2,1H3. The van der Waals surface area contributed by atoms with Crippen LogP contribution in [0.4, 0.5) is 0 Å². The maximum atomic E-state index is 13.4. The monoisotopic (exact) mass is 478 g/mol. The Morgan fingerprint density at radius 3 is 2.70 bits per heavy atom. The Bertz CT molecular complexity index is 1530. The van der Waals surface area contributed by atoms with Crippen LogP contribution in [0.2, 0.25) is 0 Å². The summed E-state index contributed by atoms with van der Waals surface area (Å²) >= 11 is 4.85. The molecule has 5 rings (SSSR count). The van der Waals surface area contributed by atoms with E-state index in [1.165, 1.54) is 17.4 Å². The maximum Gasteiger partial charge on any atom is 0.336 e. The first-order valence-corrected chi connectivity index (χ1v) is 10.9. The van der Waals surface area contributed by atoms with Gasteiger partial charge in [0.1, 0.15) is 10.4 Å². The smallest absolute Gasteiger partial charge is 0.336 e. The van der Waals surface area contributed by atoms with E-state index >= 15 is 0 Å². The molecule has 0 amide bonds. The SMILES string of the molecule is Cc1ccc(-c2csc3ncn(Cc4cc(=O)oc5cc(Br)ccc45)c(=O)c23)cc1. The number of benzene rings is 2. The van der Waals surface area contributed by atoms with Crippen LogP contribution in [0.1, 0.15) is 11.1 Å². The molecule has 5 aromatic rings. The third kappa shape index (κ3) is 3.30. The molecule has 0 bridgehead atoms. The highest BCUT2D eigenvalue weighted by atomic mass is 79.9. The maximum absolute atomic E-state index is 13.4. The van der Waals surface area contributed by atoms with Gasteiger partial charge in [0.2, 0.25) is 0 Å². The molecule has 0 fully saturated rings. The Kier molecular flexibility index (Phi) is 4.64. The number of aryl methyl sites for hydroxylation is 1. The number of halogens is 1. The van der Waals surface area contributed by atoms with Gasteiger partial charge in [-0.2, -0.15) is 0 Å². The largest absolute Gasteiger partial charge is 0.423 e. The Balaban J connectivity index is 1.66. The minimum absolute atomic E-state index is 0.129. The van der Waals surface area contributed by atoms with E-state index in [9.17, 15) is 9.59 Å². The van der Waals surface area contributed by atoms with E-state index < -0.39 is 5.63 Å². The van der Waals surface area contributed by atoms with E-state index in [-0.39, 0.29) is 12.1 Å². The molecular formula is C23H15BrN2O3S. The van der Waals surface area contributed by atoms with Gasteiger partial charge in [-0.1, -0.05) is 45.8 Å². The fourth-order valence-electron chi connectivity index (χ4n) is 3.54. The van der Waals surface area contributed by atoms with Crippen LogP contribution in [-0.2, 0) is 6.54 Å². The molecule has 0 aliphatic rings. The van der Waals surface area contributed by atoms with E-state index in [2.05, 4.69) is 20.9 Å². The lowest BCUT2D eigenvalue weighted by atomic mass is 10.0. The molecule has 0 atom stereocenters. The molecule has 0 saturated carbocycles. The van der Waals surface area contributed by atoms with Crippen LogP contribution in [0, 0.1) is 6.92 Å². The number of rotatable bonds is 3. The van der Waals surface area contributed by atoms with Gasteiger partial charge in [0.05, 0.1) is 18.3 Å². The highest BCUT2D eigenvalue weighted by molar-refractivity contribution is 9.10. The van der Waals surface area contributed by atoms with Crippen LogP contribution in [0.25, 0.3) is 32.3 Å². The molecule has 7 heteroatoms. The van der Waals surface area contributed by atoms with Crippen molar-refractivity contribution < 1.29 is 4.42 Å². The molecule has 3 aromatic heterocycles. The Labute approximate surface area is 183 Å². The molecule has 0 unspecified atom stereocenters. The summed E-state index contributed by atoms with van der Waals surface area (Å²) < 4.78 is 7.67. The first-order chi connectivity index (χ1) is 14.5. The number of aromatic nitrogens is 2. The molecule has 2 aromatic carbocycles. The lowest BCUT2D eigenvalue weighted by Gasteiger charge is -2.09. The number of hydrogen-bond acceptors (Lipinski definition) is 5. The zero-order chi connectivity index (χ0) is 20.8. The highest BCUT2D eigenvalue weighted by Crippen LogP contribution is 2.31. The number of nitrogens with zero attached hydrogens (tertiary/aromatic N) is 2. The van der Waals surface area contributed by atoms with Crippen LogP contribution < -0.4 is 11.2 Å². The van der Waals surface area contributed by atoms with Crippen molar-refractivity contribution in [2.45, 2.75) is 13.5 Å². The number of thiophene rings is 1. The second-order valence-electron chi connectivity index (χ2n) is 7.10. The van der Waals surface area contributed by atoms with E-state index in [0.717, 1.165) is 26.5 Å². The molecular weight excluding hydrogens is 464 g/mol. The second kappa shape index (κ2) is 7.34. The van der Waals surface area contributed by atoms with Gasteiger partial charge in [0.25, 0.3) is 5.56 Å². The van der Waals surface area contributed by atoms with Crippen LogP contribution in [0.15, 0.2) is 78.7 Å². The molecule has 30 heavy (non-hydrogen) atoms. The van der Waals surface area contributed by atoms with E-state index in [1.807, 2.05) is 48.7 Å². The molecule has 0 saturated heterocycles. The second-order valence-corrected chi connectivity index (χ2v) is 8.88. The van der Waals surface area contributed by atoms with Crippen molar-refractivity contribution in [3.63, 3.8) is 0 Å². The number of hydrogen-bond donors (Lipinski definition) is 0. The average Bonchev–Trinajstić information content (AvgIpc) is 3.15. The zero-order valence-corrected chi connectivity index (χ0v) is 18.3. The lowest BCUT2D eigenvalue weighted by molar-refractivity contribution is 0.557. The molecule has 0 aliphatic heterocycles. The van der Waals surface area contributed by atoms with Crippen molar-refractivity contribution in [1.82, 2.24) is 9.55 Å². The summed E-state index contributed by atoms with van der Waals surface area (Å²) in [5.74, 6) is 0. The molecule has 0 spiro atoms. The van der Waals surface area contributed by atoms with Crippen LogP contribution in [0.5, 0.6) is 0 Å². The zero-order valence-electron chi connectivity index (χ0n) is 15.9. The van der Waals surface area contributed by atoms with Gasteiger partial charge in [-0.25, -0.2) is 9.78 Å². The molecule has 0 radical (unpaired) electrons. The summed E-state index contributed by atoms with van der Waals surface area (Å²) in [6.07, 6.45) is 1.54. The first-order valence-electron chi connectivity index (χ1n) is 9.25. The van der Waals surface area contributed by atoms with Crippen molar-refractivity contribution in [2.24, 2.45) is 0 Å². The van der Waals surface area contributed by atoms with Gasteiger partial charge < -0.3 is 4.42 Å². The van der Waals surface area contributed by atoms with Gasteiger partial charge >= 0.3 is 5.63 Å².